The number of nitrogens with zero attached hydrogens (tertiary/aromatic N) is 1. The van der Waals surface area contributed by atoms with E-state index in [4.69, 9.17) is 0 Å². The molecule has 1 aliphatic rings. The van der Waals surface area contributed by atoms with Gasteiger partial charge in [0, 0.05) is 17.1 Å². The Morgan fingerprint density at radius 1 is 0.227 bits per heavy atom. The zero-order valence-corrected chi connectivity index (χ0v) is 36.4. The average Bonchev–Trinajstić information content (AvgIpc) is 3.70. The number of hydrogen-bond donors (Lipinski definition) is 0. The molecular weight excluding hydrogens is 795 g/mol. The van der Waals surface area contributed by atoms with Crippen LogP contribution in [0.3, 0.4) is 0 Å². The molecule has 0 saturated heterocycles. The van der Waals surface area contributed by atoms with Crippen molar-refractivity contribution in [2.24, 2.45) is 0 Å². The normalized spacial score (nSPS) is 12.4. The molecule has 0 fully saturated rings. The van der Waals surface area contributed by atoms with Crippen LogP contribution in [0.1, 0.15) is 22.3 Å². The summed E-state index contributed by atoms with van der Waals surface area (Å²) in [6.07, 6.45) is 0. The quantitative estimate of drug-likeness (QED) is 0.140. The van der Waals surface area contributed by atoms with Gasteiger partial charge in [0.05, 0.1) is 5.41 Å². The second-order valence-corrected chi connectivity index (χ2v) is 17.3. The van der Waals surface area contributed by atoms with Gasteiger partial charge in [-0.05, 0) is 143 Å². The van der Waals surface area contributed by atoms with E-state index in [9.17, 15) is 0 Å². The minimum atomic E-state index is -0.518. The first-order valence-electron chi connectivity index (χ1n) is 22.8. The SMILES string of the molecule is c1ccc(-c2cccc(-c3cccc(N(c4ccc(-c5cccc(-c6ccc7ccccc7c6)c5)cc4)c4ccc5c(c4)C(c4ccccc4)(c4ccccc4)c4ccccc4-5)c3)c2)cc1. The van der Waals surface area contributed by atoms with E-state index >= 15 is 0 Å². The van der Waals surface area contributed by atoms with Gasteiger partial charge in [0.15, 0.2) is 0 Å². The molecule has 0 heterocycles. The Balaban J connectivity index is 1.01. The van der Waals surface area contributed by atoms with Gasteiger partial charge in [-0.3, -0.25) is 0 Å². The van der Waals surface area contributed by atoms with Crippen LogP contribution in [0.5, 0.6) is 0 Å². The fourth-order valence-corrected chi connectivity index (χ4v) is 10.4. The summed E-state index contributed by atoms with van der Waals surface area (Å²) in [7, 11) is 0. The predicted molar refractivity (Wildman–Crippen MR) is 278 cm³/mol. The van der Waals surface area contributed by atoms with Gasteiger partial charge < -0.3 is 4.90 Å². The molecule has 1 nitrogen and oxygen atoms in total. The predicted octanol–water partition coefficient (Wildman–Crippen LogP) is 17.3. The molecule has 0 aromatic heterocycles. The van der Waals surface area contributed by atoms with Crippen LogP contribution in [0.25, 0.3) is 66.4 Å². The molecule has 1 aliphatic carbocycles. The van der Waals surface area contributed by atoms with Crippen LogP contribution < -0.4 is 4.90 Å². The van der Waals surface area contributed by atoms with Crippen molar-refractivity contribution >= 4 is 27.8 Å². The largest absolute Gasteiger partial charge is 0.310 e. The molecule has 66 heavy (non-hydrogen) atoms. The molecule has 0 atom stereocenters. The molecule has 0 aliphatic heterocycles. The summed E-state index contributed by atoms with van der Waals surface area (Å²) < 4.78 is 0. The van der Waals surface area contributed by atoms with Gasteiger partial charge in [0.2, 0.25) is 0 Å². The van der Waals surface area contributed by atoms with Crippen molar-refractivity contribution in [1.82, 2.24) is 0 Å². The van der Waals surface area contributed by atoms with Crippen molar-refractivity contribution in [3.05, 3.63) is 295 Å². The number of rotatable bonds is 9. The van der Waals surface area contributed by atoms with E-state index in [2.05, 4.69) is 278 Å². The van der Waals surface area contributed by atoms with E-state index in [0.717, 1.165) is 22.6 Å². The summed E-state index contributed by atoms with van der Waals surface area (Å²) >= 11 is 0. The lowest BCUT2D eigenvalue weighted by atomic mass is 9.67. The summed E-state index contributed by atoms with van der Waals surface area (Å²) in [5.41, 5.74) is 19.9. The van der Waals surface area contributed by atoms with Crippen LogP contribution in [0, 0.1) is 0 Å². The molecule has 0 amide bonds. The molecule has 0 unspecified atom stereocenters. The van der Waals surface area contributed by atoms with Crippen LogP contribution in [0.2, 0.25) is 0 Å². The van der Waals surface area contributed by atoms with Gasteiger partial charge in [-0.25, -0.2) is 0 Å². The van der Waals surface area contributed by atoms with Crippen LogP contribution in [-0.2, 0) is 5.41 Å². The summed E-state index contributed by atoms with van der Waals surface area (Å²) in [6.45, 7) is 0. The third-order valence-corrected chi connectivity index (χ3v) is 13.5. The minimum Gasteiger partial charge on any atom is -0.310 e. The standard InChI is InChI=1S/C65H45N/c1-4-17-46(18-5-1)50-21-14-23-52(41-50)54-25-16-30-59(44-54)66(58-37-35-48(36-38-58)51-22-15-24-53(42-51)55-34-33-47-19-10-11-20-49(47)43-55)60-39-40-62-61-31-12-13-32-63(61)65(64(62)45-60,56-26-6-2-7-27-56)57-28-8-3-9-29-57/h1-45H. The topological polar surface area (TPSA) is 3.24 Å². The van der Waals surface area contributed by atoms with E-state index < -0.39 is 5.41 Å². The maximum atomic E-state index is 2.46. The van der Waals surface area contributed by atoms with Gasteiger partial charge in [0.25, 0.3) is 0 Å². The highest BCUT2D eigenvalue weighted by Gasteiger charge is 2.46. The first kappa shape index (κ1) is 39.1. The fourth-order valence-electron chi connectivity index (χ4n) is 10.4. The van der Waals surface area contributed by atoms with Gasteiger partial charge in [-0.2, -0.15) is 0 Å². The highest BCUT2D eigenvalue weighted by molar-refractivity contribution is 5.91. The molecule has 310 valence electrons. The van der Waals surface area contributed by atoms with Gasteiger partial charge in [0.1, 0.15) is 0 Å². The summed E-state index contributed by atoms with van der Waals surface area (Å²) in [6, 6.07) is 100. The Morgan fingerprint density at radius 2 is 0.667 bits per heavy atom. The van der Waals surface area contributed by atoms with E-state index in [0.29, 0.717) is 0 Å². The Kier molecular flexibility index (Phi) is 9.81. The van der Waals surface area contributed by atoms with Crippen molar-refractivity contribution < 1.29 is 0 Å². The van der Waals surface area contributed by atoms with Crippen molar-refractivity contribution in [3.63, 3.8) is 0 Å². The molecular formula is C65H45N. The Hall–Kier alpha value is -8.52. The van der Waals surface area contributed by atoms with Crippen LogP contribution in [0.4, 0.5) is 17.1 Å². The Morgan fingerprint density at radius 3 is 1.33 bits per heavy atom. The average molecular weight is 840 g/mol. The van der Waals surface area contributed by atoms with Crippen molar-refractivity contribution in [2.75, 3.05) is 4.90 Å². The van der Waals surface area contributed by atoms with Gasteiger partial charge >= 0.3 is 0 Å². The Bertz CT molecular complexity index is 3480. The molecule has 12 rings (SSSR count). The van der Waals surface area contributed by atoms with E-state index in [-0.39, 0.29) is 0 Å². The lowest BCUT2D eigenvalue weighted by molar-refractivity contribution is 0.768. The molecule has 0 N–H and O–H groups in total. The van der Waals surface area contributed by atoms with E-state index in [1.54, 1.807) is 0 Å². The highest BCUT2D eigenvalue weighted by Crippen LogP contribution is 2.57. The maximum Gasteiger partial charge on any atom is 0.0714 e. The molecule has 11 aromatic rings. The minimum absolute atomic E-state index is 0.518. The first-order valence-corrected chi connectivity index (χ1v) is 22.8. The lowest BCUT2D eigenvalue weighted by Crippen LogP contribution is -2.28. The molecule has 0 saturated carbocycles. The summed E-state index contributed by atoms with van der Waals surface area (Å²) in [4.78, 5) is 2.43. The van der Waals surface area contributed by atoms with Gasteiger partial charge in [-0.15, -0.1) is 0 Å². The second kappa shape index (κ2) is 16.6. The number of hydrogen-bond acceptors (Lipinski definition) is 1. The number of fused-ring (bicyclic) bond motifs is 4. The summed E-state index contributed by atoms with van der Waals surface area (Å²) in [5, 5.41) is 2.50. The monoisotopic (exact) mass is 839 g/mol. The molecule has 0 radical (unpaired) electrons. The van der Waals surface area contributed by atoms with Crippen LogP contribution >= 0.6 is 0 Å². The third kappa shape index (κ3) is 6.81. The molecule has 1 heteroatoms. The van der Waals surface area contributed by atoms with Crippen LogP contribution in [0.15, 0.2) is 273 Å². The zero-order valence-electron chi connectivity index (χ0n) is 36.4. The third-order valence-electron chi connectivity index (χ3n) is 13.5. The van der Waals surface area contributed by atoms with Crippen LogP contribution in [-0.4, -0.2) is 0 Å². The zero-order chi connectivity index (χ0) is 43.9. The Labute approximate surface area is 387 Å². The van der Waals surface area contributed by atoms with Crippen molar-refractivity contribution in [3.8, 4) is 55.6 Å². The number of anilines is 3. The second-order valence-electron chi connectivity index (χ2n) is 17.3. The van der Waals surface area contributed by atoms with Crippen molar-refractivity contribution in [2.45, 2.75) is 5.41 Å². The first-order chi connectivity index (χ1) is 32.7. The molecule has 11 aromatic carbocycles. The lowest BCUT2D eigenvalue weighted by Gasteiger charge is -2.35. The smallest absolute Gasteiger partial charge is 0.0714 e. The van der Waals surface area contributed by atoms with Gasteiger partial charge in [-0.1, -0.05) is 218 Å². The maximum absolute atomic E-state index is 2.46. The van der Waals surface area contributed by atoms with E-state index in [1.807, 2.05) is 0 Å². The summed E-state index contributed by atoms with van der Waals surface area (Å²) in [5.74, 6) is 0. The number of benzene rings is 11. The van der Waals surface area contributed by atoms with Crippen molar-refractivity contribution in [1.29, 1.82) is 0 Å². The fraction of sp³-hybridized carbons (Fsp3) is 0.0154. The molecule has 0 bridgehead atoms. The highest BCUT2D eigenvalue weighted by atomic mass is 15.1. The molecule has 0 spiro atoms. The van der Waals surface area contributed by atoms with E-state index in [1.165, 1.54) is 83.1 Å².